The highest BCUT2D eigenvalue weighted by Crippen LogP contribution is 2.25. The number of hydrogen-bond donors (Lipinski definition) is 1. The van der Waals surface area contributed by atoms with Gasteiger partial charge >= 0.3 is 5.97 Å². The predicted octanol–water partition coefficient (Wildman–Crippen LogP) is 4.02. The molecule has 1 aromatic heterocycles. The molecule has 1 aromatic carbocycles. The number of amides is 1. The zero-order valence-electron chi connectivity index (χ0n) is 11.2. The van der Waals surface area contributed by atoms with Gasteiger partial charge in [-0.3, -0.25) is 9.59 Å². The molecule has 6 heteroatoms. The van der Waals surface area contributed by atoms with Crippen LogP contribution in [-0.4, -0.2) is 23.5 Å². The number of thiophene rings is 1. The second-order valence-corrected chi connectivity index (χ2v) is 6.86. The molecule has 0 aliphatic heterocycles. The number of carbonyl (C=O) groups is 2. The first-order chi connectivity index (χ1) is 10.1. The van der Waals surface area contributed by atoms with Crippen LogP contribution >= 0.6 is 27.3 Å². The minimum Gasteiger partial charge on any atom is -0.481 e. The van der Waals surface area contributed by atoms with Crippen molar-refractivity contribution in [3.05, 3.63) is 51.1 Å². The molecule has 2 aromatic rings. The van der Waals surface area contributed by atoms with Gasteiger partial charge in [-0.1, -0.05) is 18.2 Å². The molecule has 0 unspecified atom stereocenters. The van der Waals surface area contributed by atoms with Gasteiger partial charge in [0.05, 0.1) is 8.66 Å². The summed E-state index contributed by atoms with van der Waals surface area (Å²) in [4.78, 5) is 25.5. The summed E-state index contributed by atoms with van der Waals surface area (Å²) < 4.78 is 0.893. The quantitative estimate of drug-likeness (QED) is 0.838. The van der Waals surface area contributed by atoms with Crippen LogP contribution in [0.1, 0.15) is 22.5 Å². The van der Waals surface area contributed by atoms with Crippen LogP contribution < -0.4 is 4.90 Å². The van der Waals surface area contributed by atoms with Gasteiger partial charge in [-0.2, -0.15) is 0 Å². The van der Waals surface area contributed by atoms with E-state index in [4.69, 9.17) is 5.11 Å². The molecule has 0 saturated heterocycles. The Morgan fingerprint density at radius 1 is 1.14 bits per heavy atom. The van der Waals surface area contributed by atoms with E-state index in [0.29, 0.717) is 17.8 Å². The third-order valence-electron chi connectivity index (χ3n) is 2.87. The van der Waals surface area contributed by atoms with Crippen LogP contribution in [0, 0.1) is 0 Å². The molecule has 0 aliphatic carbocycles. The lowest BCUT2D eigenvalue weighted by molar-refractivity contribution is -0.137. The van der Waals surface area contributed by atoms with E-state index < -0.39 is 5.97 Å². The van der Waals surface area contributed by atoms with Crippen molar-refractivity contribution in [3.63, 3.8) is 0 Å². The van der Waals surface area contributed by atoms with Crippen LogP contribution in [0.2, 0.25) is 0 Å². The van der Waals surface area contributed by atoms with Gasteiger partial charge in [0.1, 0.15) is 0 Å². The smallest absolute Gasteiger partial charge is 0.303 e. The largest absolute Gasteiger partial charge is 0.481 e. The number of rotatable bonds is 6. The average molecular weight is 368 g/mol. The number of anilines is 1. The van der Waals surface area contributed by atoms with E-state index in [1.54, 1.807) is 11.0 Å². The van der Waals surface area contributed by atoms with E-state index in [2.05, 4.69) is 15.9 Å². The van der Waals surface area contributed by atoms with Crippen LogP contribution in [0.4, 0.5) is 5.69 Å². The molecule has 1 heterocycles. The lowest BCUT2D eigenvalue weighted by atomic mass is 10.2. The number of hydrogen-bond acceptors (Lipinski definition) is 3. The molecular formula is C15H14BrNO3S. The molecular weight excluding hydrogens is 354 g/mol. The van der Waals surface area contributed by atoms with Gasteiger partial charge in [-0.15, -0.1) is 11.3 Å². The lowest BCUT2D eigenvalue weighted by Crippen LogP contribution is -2.31. The number of benzene rings is 1. The van der Waals surface area contributed by atoms with E-state index in [1.807, 2.05) is 36.4 Å². The second kappa shape index (κ2) is 7.38. The maximum Gasteiger partial charge on any atom is 0.303 e. The molecule has 0 saturated carbocycles. The summed E-state index contributed by atoms with van der Waals surface area (Å²) in [6, 6.07) is 12.9. The van der Waals surface area contributed by atoms with E-state index in [0.717, 1.165) is 9.47 Å². The van der Waals surface area contributed by atoms with Gasteiger partial charge in [0.2, 0.25) is 0 Å². The van der Waals surface area contributed by atoms with Gasteiger partial charge in [0, 0.05) is 18.7 Å². The predicted molar refractivity (Wildman–Crippen MR) is 87.0 cm³/mol. The Hall–Kier alpha value is -1.66. The van der Waals surface area contributed by atoms with E-state index in [1.165, 1.54) is 11.3 Å². The average Bonchev–Trinajstić information content (AvgIpc) is 2.90. The first kappa shape index (κ1) is 15.7. The SMILES string of the molecule is O=C(O)CCCN(C(=O)c1ccc(Br)s1)c1ccccc1. The number of para-hydroxylation sites is 1. The summed E-state index contributed by atoms with van der Waals surface area (Å²) in [5, 5.41) is 8.75. The Kier molecular flexibility index (Phi) is 5.52. The van der Waals surface area contributed by atoms with Crippen LogP contribution in [-0.2, 0) is 4.79 Å². The normalized spacial score (nSPS) is 10.3. The van der Waals surface area contributed by atoms with Crippen molar-refractivity contribution in [2.45, 2.75) is 12.8 Å². The zero-order chi connectivity index (χ0) is 15.2. The van der Waals surface area contributed by atoms with E-state index in [9.17, 15) is 9.59 Å². The van der Waals surface area contributed by atoms with Crippen LogP contribution in [0.5, 0.6) is 0 Å². The Morgan fingerprint density at radius 2 is 1.86 bits per heavy atom. The fourth-order valence-corrected chi connectivity index (χ4v) is 3.24. The maximum absolute atomic E-state index is 12.6. The van der Waals surface area contributed by atoms with Gasteiger partial charge < -0.3 is 10.0 Å². The second-order valence-electron chi connectivity index (χ2n) is 4.39. The molecule has 4 nitrogen and oxygen atoms in total. The molecule has 21 heavy (non-hydrogen) atoms. The molecule has 0 atom stereocenters. The molecule has 0 aliphatic rings. The van der Waals surface area contributed by atoms with Crippen LogP contribution in [0.15, 0.2) is 46.3 Å². The number of carboxylic acids is 1. The Bertz CT molecular complexity index is 627. The summed E-state index contributed by atoms with van der Waals surface area (Å²) in [5.41, 5.74) is 0.775. The minimum atomic E-state index is -0.852. The first-order valence-electron chi connectivity index (χ1n) is 6.42. The molecule has 0 bridgehead atoms. The van der Waals surface area contributed by atoms with Crippen LogP contribution in [0.25, 0.3) is 0 Å². The van der Waals surface area contributed by atoms with Crippen molar-refractivity contribution in [3.8, 4) is 0 Å². The number of carbonyl (C=O) groups excluding carboxylic acids is 1. The minimum absolute atomic E-state index is 0.0464. The number of aliphatic carboxylic acids is 1. The summed E-state index contributed by atoms with van der Waals surface area (Å²) in [5.74, 6) is -0.961. The van der Waals surface area contributed by atoms with Crippen molar-refractivity contribution < 1.29 is 14.7 Å². The third-order valence-corrected chi connectivity index (χ3v) is 4.48. The summed E-state index contributed by atoms with van der Waals surface area (Å²) in [6.45, 7) is 0.380. The summed E-state index contributed by atoms with van der Waals surface area (Å²) >= 11 is 4.72. The van der Waals surface area contributed by atoms with Crippen LogP contribution in [0.3, 0.4) is 0 Å². The molecule has 1 N–H and O–H groups in total. The fraction of sp³-hybridized carbons (Fsp3) is 0.200. The fourth-order valence-electron chi connectivity index (χ4n) is 1.91. The highest BCUT2D eigenvalue weighted by molar-refractivity contribution is 9.11. The summed E-state index contributed by atoms with van der Waals surface area (Å²) in [6.07, 6.45) is 0.466. The van der Waals surface area contributed by atoms with Crippen molar-refractivity contribution in [1.29, 1.82) is 0 Å². The Morgan fingerprint density at radius 3 is 2.43 bits per heavy atom. The maximum atomic E-state index is 12.6. The van der Waals surface area contributed by atoms with Gasteiger partial charge in [-0.25, -0.2) is 0 Å². The molecule has 0 radical (unpaired) electrons. The summed E-state index contributed by atoms with van der Waals surface area (Å²) in [7, 11) is 0. The molecule has 1 amide bonds. The van der Waals surface area contributed by atoms with Gasteiger partial charge in [0.25, 0.3) is 5.91 Å². The highest BCUT2D eigenvalue weighted by atomic mass is 79.9. The molecule has 110 valence electrons. The molecule has 0 fully saturated rings. The monoisotopic (exact) mass is 367 g/mol. The standard InChI is InChI=1S/C15H14BrNO3S/c16-13-9-8-12(21-13)15(20)17(10-4-7-14(18)19)11-5-2-1-3-6-11/h1-3,5-6,8-9H,4,7,10H2,(H,18,19). The zero-order valence-corrected chi connectivity index (χ0v) is 13.6. The Labute approximate surface area is 135 Å². The first-order valence-corrected chi connectivity index (χ1v) is 8.03. The van der Waals surface area contributed by atoms with Crippen molar-refractivity contribution in [2.75, 3.05) is 11.4 Å². The van der Waals surface area contributed by atoms with Gasteiger partial charge in [0.15, 0.2) is 0 Å². The van der Waals surface area contributed by atoms with Crippen molar-refractivity contribution >= 4 is 44.8 Å². The van der Waals surface area contributed by atoms with Crippen molar-refractivity contribution in [1.82, 2.24) is 0 Å². The number of halogens is 1. The highest BCUT2D eigenvalue weighted by Gasteiger charge is 2.19. The number of carboxylic acid groups (broad SMARTS) is 1. The van der Waals surface area contributed by atoms with E-state index in [-0.39, 0.29) is 12.3 Å². The Balaban J connectivity index is 2.19. The van der Waals surface area contributed by atoms with Crippen molar-refractivity contribution in [2.24, 2.45) is 0 Å². The topological polar surface area (TPSA) is 57.6 Å². The number of nitrogens with zero attached hydrogens (tertiary/aromatic N) is 1. The lowest BCUT2D eigenvalue weighted by Gasteiger charge is -2.22. The van der Waals surface area contributed by atoms with E-state index >= 15 is 0 Å². The third kappa shape index (κ3) is 4.41. The molecule has 0 spiro atoms. The molecule has 2 rings (SSSR count). The van der Waals surface area contributed by atoms with Gasteiger partial charge in [-0.05, 0) is 46.6 Å².